The van der Waals surface area contributed by atoms with Gasteiger partial charge in [0.05, 0.1) is 24.5 Å². The molecule has 8 nitrogen and oxygen atoms in total. The first-order chi connectivity index (χ1) is 12.6. The molecule has 0 radical (unpaired) electrons. The molecular formula is C18H25Cl2N5O3. The van der Waals surface area contributed by atoms with E-state index in [-0.39, 0.29) is 37.5 Å². The summed E-state index contributed by atoms with van der Waals surface area (Å²) in [6, 6.07) is 7.24. The molecular weight excluding hydrogens is 405 g/mol. The molecule has 2 N–H and O–H groups in total. The van der Waals surface area contributed by atoms with Crippen molar-refractivity contribution in [1.82, 2.24) is 25.3 Å². The Balaban J connectivity index is 0.00000140. The Kier molecular flexibility index (Phi) is 7.54. The van der Waals surface area contributed by atoms with Crippen molar-refractivity contribution in [3.8, 4) is 11.5 Å². The van der Waals surface area contributed by atoms with E-state index in [2.05, 4.69) is 15.7 Å². The van der Waals surface area contributed by atoms with Crippen molar-refractivity contribution in [2.45, 2.75) is 25.7 Å². The van der Waals surface area contributed by atoms with Crippen molar-refractivity contribution in [1.29, 1.82) is 0 Å². The van der Waals surface area contributed by atoms with Crippen molar-refractivity contribution in [3.05, 3.63) is 41.2 Å². The predicted octanol–water partition coefficient (Wildman–Crippen LogP) is 1.48. The minimum atomic E-state index is -0.414. The first kappa shape index (κ1) is 22.3. The number of rotatable bonds is 5. The molecule has 28 heavy (non-hydrogen) atoms. The number of hydrogen-bond donors (Lipinski definition) is 2. The molecule has 0 fully saturated rings. The maximum atomic E-state index is 12.8. The van der Waals surface area contributed by atoms with E-state index in [9.17, 15) is 4.79 Å². The SMILES string of the molecule is CN(C)C(C(=O)NCc1cc2n(n1)CCNC2)c1ccc2c(c1)OCO2.Cl.Cl. The molecule has 2 aliphatic rings. The van der Waals surface area contributed by atoms with Crippen LogP contribution in [0, 0.1) is 0 Å². The summed E-state index contributed by atoms with van der Waals surface area (Å²) < 4.78 is 12.8. The second-order valence-corrected chi connectivity index (χ2v) is 6.72. The van der Waals surface area contributed by atoms with Gasteiger partial charge >= 0.3 is 0 Å². The van der Waals surface area contributed by atoms with Crippen molar-refractivity contribution < 1.29 is 14.3 Å². The van der Waals surface area contributed by atoms with Gasteiger partial charge in [0.25, 0.3) is 0 Å². The fraction of sp³-hybridized carbons (Fsp3) is 0.444. The Bertz CT molecular complexity index is 804. The third-order valence-corrected chi connectivity index (χ3v) is 4.64. The second-order valence-electron chi connectivity index (χ2n) is 6.72. The van der Waals surface area contributed by atoms with Crippen molar-refractivity contribution in [3.63, 3.8) is 0 Å². The van der Waals surface area contributed by atoms with Crippen LogP contribution in [0.5, 0.6) is 11.5 Å². The van der Waals surface area contributed by atoms with Gasteiger partial charge in [-0.05, 0) is 37.9 Å². The number of fused-ring (bicyclic) bond motifs is 2. The molecule has 1 amide bonds. The van der Waals surface area contributed by atoms with E-state index in [0.717, 1.165) is 36.6 Å². The summed E-state index contributed by atoms with van der Waals surface area (Å²) in [5.74, 6) is 1.32. The lowest BCUT2D eigenvalue weighted by atomic mass is 10.0. The van der Waals surface area contributed by atoms with Crippen molar-refractivity contribution in [2.24, 2.45) is 0 Å². The minimum absolute atomic E-state index is 0. The topological polar surface area (TPSA) is 80.7 Å². The van der Waals surface area contributed by atoms with E-state index >= 15 is 0 Å². The maximum absolute atomic E-state index is 12.8. The quantitative estimate of drug-likeness (QED) is 0.748. The van der Waals surface area contributed by atoms with Crippen molar-refractivity contribution >= 4 is 30.7 Å². The highest BCUT2D eigenvalue weighted by Gasteiger charge is 2.25. The summed E-state index contributed by atoms with van der Waals surface area (Å²) in [5.41, 5.74) is 2.89. The van der Waals surface area contributed by atoms with Crippen LogP contribution in [-0.4, -0.2) is 48.0 Å². The number of hydrogen-bond acceptors (Lipinski definition) is 6. The summed E-state index contributed by atoms with van der Waals surface area (Å²) in [4.78, 5) is 14.7. The molecule has 0 bridgehead atoms. The highest BCUT2D eigenvalue weighted by Crippen LogP contribution is 2.35. The molecule has 0 spiro atoms. The van der Waals surface area contributed by atoms with Crippen LogP contribution in [0.2, 0.25) is 0 Å². The number of amides is 1. The number of carbonyl (C=O) groups is 1. The third kappa shape index (κ3) is 4.52. The Morgan fingerprint density at radius 3 is 2.82 bits per heavy atom. The number of halogens is 2. The molecule has 1 atom stereocenters. The zero-order chi connectivity index (χ0) is 18.1. The number of carbonyl (C=O) groups excluding carboxylic acids is 1. The molecule has 1 aromatic heterocycles. The average Bonchev–Trinajstić information content (AvgIpc) is 3.25. The molecule has 2 aromatic rings. The first-order valence-corrected chi connectivity index (χ1v) is 8.72. The number of nitrogens with one attached hydrogen (secondary N) is 2. The lowest BCUT2D eigenvalue weighted by Gasteiger charge is -2.23. The van der Waals surface area contributed by atoms with Crippen LogP contribution < -0.4 is 20.1 Å². The largest absolute Gasteiger partial charge is 0.454 e. The normalized spacial score (nSPS) is 15.2. The van der Waals surface area contributed by atoms with Gasteiger partial charge in [-0.2, -0.15) is 5.10 Å². The smallest absolute Gasteiger partial charge is 0.242 e. The summed E-state index contributed by atoms with van der Waals surface area (Å²) in [5, 5.41) is 10.9. The summed E-state index contributed by atoms with van der Waals surface area (Å²) in [6.45, 7) is 3.23. The highest BCUT2D eigenvalue weighted by atomic mass is 35.5. The number of ether oxygens (including phenoxy) is 2. The van der Waals surface area contributed by atoms with Crippen LogP contribution in [-0.2, 0) is 24.4 Å². The lowest BCUT2D eigenvalue weighted by molar-refractivity contribution is -0.126. The molecule has 154 valence electrons. The Hall–Kier alpha value is -2.00. The van der Waals surface area contributed by atoms with Gasteiger partial charge < -0.3 is 20.1 Å². The van der Waals surface area contributed by atoms with Gasteiger partial charge in [0, 0.05) is 13.1 Å². The van der Waals surface area contributed by atoms with Gasteiger partial charge in [0.15, 0.2) is 11.5 Å². The fourth-order valence-electron chi connectivity index (χ4n) is 3.38. The van der Waals surface area contributed by atoms with Crippen LogP contribution in [0.1, 0.15) is 23.0 Å². The van der Waals surface area contributed by atoms with E-state index in [1.54, 1.807) is 0 Å². The monoisotopic (exact) mass is 429 g/mol. The highest BCUT2D eigenvalue weighted by molar-refractivity contribution is 5.85. The number of benzene rings is 1. The Labute approximate surface area is 176 Å². The van der Waals surface area contributed by atoms with Crippen LogP contribution in [0.15, 0.2) is 24.3 Å². The lowest BCUT2D eigenvalue weighted by Crippen LogP contribution is -2.36. The van der Waals surface area contributed by atoms with Gasteiger partial charge in [0.1, 0.15) is 6.04 Å². The Morgan fingerprint density at radius 2 is 2.07 bits per heavy atom. The summed E-state index contributed by atoms with van der Waals surface area (Å²) >= 11 is 0. The zero-order valence-electron chi connectivity index (χ0n) is 15.8. The third-order valence-electron chi connectivity index (χ3n) is 4.64. The number of nitrogens with zero attached hydrogens (tertiary/aromatic N) is 3. The fourth-order valence-corrected chi connectivity index (χ4v) is 3.38. The summed E-state index contributed by atoms with van der Waals surface area (Å²) in [7, 11) is 3.77. The molecule has 4 rings (SSSR count). The van der Waals surface area contributed by atoms with E-state index in [0.29, 0.717) is 18.0 Å². The van der Waals surface area contributed by atoms with E-state index in [1.165, 1.54) is 0 Å². The van der Waals surface area contributed by atoms with E-state index in [4.69, 9.17) is 9.47 Å². The average molecular weight is 430 g/mol. The van der Waals surface area contributed by atoms with E-state index in [1.807, 2.05) is 47.9 Å². The molecule has 2 aliphatic heterocycles. The molecule has 3 heterocycles. The standard InChI is InChI=1S/C18H23N5O3.2ClH/c1-22(2)17(12-3-4-15-16(7-12)26-11-25-15)18(24)20-9-13-8-14-10-19-5-6-23(14)21-13;;/h3-4,7-8,17,19H,5-6,9-11H2,1-2H3,(H,20,24);2*1H. The number of aromatic nitrogens is 2. The number of likely N-dealkylation sites (N-methyl/N-ethyl adjacent to an activating group) is 1. The Morgan fingerprint density at radius 1 is 1.29 bits per heavy atom. The zero-order valence-corrected chi connectivity index (χ0v) is 17.4. The van der Waals surface area contributed by atoms with E-state index < -0.39 is 6.04 Å². The van der Waals surface area contributed by atoms with Gasteiger partial charge in [0.2, 0.25) is 12.7 Å². The van der Waals surface area contributed by atoms with Crippen LogP contribution >= 0.6 is 24.8 Å². The van der Waals surface area contributed by atoms with Crippen LogP contribution in [0.3, 0.4) is 0 Å². The van der Waals surface area contributed by atoms with Crippen LogP contribution in [0.4, 0.5) is 0 Å². The molecule has 1 unspecified atom stereocenters. The maximum Gasteiger partial charge on any atom is 0.242 e. The summed E-state index contributed by atoms with van der Waals surface area (Å²) in [6.07, 6.45) is 0. The van der Waals surface area contributed by atoms with Gasteiger partial charge in [-0.15, -0.1) is 24.8 Å². The molecule has 0 aliphatic carbocycles. The molecule has 0 saturated heterocycles. The predicted molar refractivity (Wildman–Crippen MR) is 109 cm³/mol. The van der Waals surface area contributed by atoms with Gasteiger partial charge in [-0.1, -0.05) is 6.07 Å². The molecule has 0 saturated carbocycles. The molecule has 1 aromatic carbocycles. The van der Waals surface area contributed by atoms with Crippen molar-refractivity contribution in [2.75, 3.05) is 27.4 Å². The second kappa shape index (κ2) is 9.47. The first-order valence-electron chi connectivity index (χ1n) is 8.72. The van der Waals surface area contributed by atoms with Crippen LogP contribution in [0.25, 0.3) is 0 Å². The van der Waals surface area contributed by atoms with Gasteiger partial charge in [-0.25, -0.2) is 0 Å². The van der Waals surface area contributed by atoms with Gasteiger partial charge in [-0.3, -0.25) is 14.4 Å². The molecule has 10 heteroatoms. The minimum Gasteiger partial charge on any atom is -0.454 e.